The highest BCUT2D eigenvalue weighted by Gasteiger charge is 2.53. The van der Waals surface area contributed by atoms with E-state index in [0.29, 0.717) is 16.6 Å². The van der Waals surface area contributed by atoms with Crippen molar-refractivity contribution in [1.82, 2.24) is 15.0 Å². The van der Waals surface area contributed by atoms with Gasteiger partial charge in [-0.05, 0) is 18.9 Å². The Hall–Kier alpha value is -2.85. The third-order valence-corrected chi connectivity index (χ3v) is 7.99. The summed E-state index contributed by atoms with van der Waals surface area (Å²) in [5.41, 5.74) is -1.24. The van der Waals surface area contributed by atoms with Crippen LogP contribution in [-0.4, -0.2) is 68.7 Å². The summed E-state index contributed by atoms with van der Waals surface area (Å²) in [6.45, 7) is 2.55. The molecule has 10 nitrogen and oxygen atoms in total. The molecule has 1 saturated carbocycles. The fourth-order valence-electron chi connectivity index (χ4n) is 6.10. The van der Waals surface area contributed by atoms with Gasteiger partial charge in [0, 0.05) is 30.2 Å². The smallest absolute Gasteiger partial charge is 0.343 e. The molecule has 1 aliphatic carbocycles. The zero-order valence-corrected chi connectivity index (χ0v) is 19.3. The topological polar surface area (TPSA) is 127 Å². The van der Waals surface area contributed by atoms with Crippen LogP contribution < -0.4 is 5.32 Å². The van der Waals surface area contributed by atoms with Crippen molar-refractivity contribution < 1.29 is 28.3 Å². The van der Waals surface area contributed by atoms with Gasteiger partial charge in [-0.1, -0.05) is 19.3 Å². The fourth-order valence-corrected chi connectivity index (χ4v) is 6.10. The number of quaternary nitrogens is 1. The molecule has 2 aromatic rings. The number of furan rings is 1. The molecule has 0 aromatic carbocycles. The monoisotopic (exact) mass is 470 g/mol. The third kappa shape index (κ3) is 4.44. The number of ether oxygens (including phenoxy) is 1. The maximum atomic E-state index is 13.6. The number of anilines is 1. The number of nitrogens with zero attached hydrogens (tertiary/aromatic N) is 4. The van der Waals surface area contributed by atoms with Gasteiger partial charge in [0.15, 0.2) is 18.2 Å². The molecule has 3 saturated heterocycles. The van der Waals surface area contributed by atoms with Crippen LogP contribution in [0.25, 0.3) is 0 Å². The summed E-state index contributed by atoms with van der Waals surface area (Å²) in [4.78, 5) is 37.9. The summed E-state index contributed by atoms with van der Waals surface area (Å²) in [5, 5.41) is 14.4. The molecule has 2 N–H and O–H groups in total. The largest absolute Gasteiger partial charge is 0.472 e. The lowest BCUT2D eigenvalue weighted by molar-refractivity contribution is -0.939. The molecule has 5 heterocycles. The number of nitrogens with one attached hydrogen (secondary N) is 1. The Morgan fingerprint density at radius 3 is 2.56 bits per heavy atom. The lowest BCUT2D eigenvalue weighted by atomic mass is 9.74. The third-order valence-electron chi connectivity index (χ3n) is 7.99. The molecule has 1 unspecified atom stereocenters. The lowest BCUT2D eigenvalue weighted by Crippen LogP contribution is -2.66. The van der Waals surface area contributed by atoms with Crippen LogP contribution in [-0.2, 0) is 19.9 Å². The van der Waals surface area contributed by atoms with Crippen LogP contribution >= 0.6 is 0 Å². The van der Waals surface area contributed by atoms with Gasteiger partial charge >= 0.3 is 5.97 Å². The summed E-state index contributed by atoms with van der Waals surface area (Å²) >= 11 is 0. The Labute approximate surface area is 198 Å². The number of aliphatic hydroxyl groups is 1. The van der Waals surface area contributed by atoms with E-state index in [2.05, 4.69) is 20.3 Å². The highest BCUT2D eigenvalue weighted by molar-refractivity contribution is 5.89. The van der Waals surface area contributed by atoms with Crippen LogP contribution in [0.4, 0.5) is 5.95 Å². The summed E-state index contributed by atoms with van der Waals surface area (Å²) in [5.74, 6) is -0.482. The Kier molecular flexibility index (Phi) is 6.35. The van der Waals surface area contributed by atoms with Crippen LogP contribution in [0.5, 0.6) is 0 Å². The molecule has 10 heteroatoms. The van der Waals surface area contributed by atoms with E-state index in [4.69, 9.17) is 9.15 Å². The molecule has 3 aliphatic heterocycles. The molecule has 1 amide bonds. The Morgan fingerprint density at radius 1 is 1.15 bits per heavy atom. The minimum absolute atomic E-state index is 0.172. The number of aromatic nitrogens is 3. The van der Waals surface area contributed by atoms with Crippen molar-refractivity contribution in [2.24, 2.45) is 11.8 Å². The number of hydrogen-bond donors (Lipinski definition) is 2. The Balaban J connectivity index is 1.29. The van der Waals surface area contributed by atoms with Gasteiger partial charge in [-0.2, -0.15) is 0 Å². The first-order valence-corrected chi connectivity index (χ1v) is 12.2. The molecule has 0 radical (unpaired) electrons. The van der Waals surface area contributed by atoms with Crippen LogP contribution in [0.1, 0.15) is 50.5 Å². The maximum absolute atomic E-state index is 13.6. The normalized spacial score (nSPS) is 28.7. The van der Waals surface area contributed by atoms with Crippen molar-refractivity contribution in [2.45, 2.75) is 56.7 Å². The van der Waals surface area contributed by atoms with Crippen molar-refractivity contribution in [3.8, 4) is 0 Å². The van der Waals surface area contributed by atoms with E-state index >= 15 is 0 Å². The quantitative estimate of drug-likeness (QED) is 0.465. The predicted molar refractivity (Wildman–Crippen MR) is 120 cm³/mol. The number of rotatable bonds is 7. The van der Waals surface area contributed by atoms with Crippen LogP contribution in [0, 0.1) is 11.8 Å². The van der Waals surface area contributed by atoms with Gasteiger partial charge in [-0.25, -0.2) is 19.7 Å². The second-order valence-electron chi connectivity index (χ2n) is 10.0. The summed E-state index contributed by atoms with van der Waals surface area (Å²) in [6, 6.07) is 1.66. The number of amides is 1. The number of carbonyl (C=O) groups excluding carboxylic acids is 2. The number of esters is 1. The average molecular weight is 471 g/mol. The van der Waals surface area contributed by atoms with Gasteiger partial charge in [-0.15, -0.1) is 0 Å². The van der Waals surface area contributed by atoms with Crippen LogP contribution in [0.2, 0.25) is 0 Å². The maximum Gasteiger partial charge on any atom is 0.343 e. The first-order valence-electron chi connectivity index (χ1n) is 12.2. The number of hydrogen-bond acceptors (Lipinski definition) is 8. The summed E-state index contributed by atoms with van der Waals surface area (Å²) < 4.78 is 11.9. The van der Waals surface area contributed by atoms with E-state index in [1.165, 1.54) is 25.2 Å². The van der Waals surface area contributed by atoms with Crippen LogP contribution in [0.15, 0.2) is 35.7 Å². The van der Waals surface area contributed by atoms with Gasteiger partial charge in [0.2, 0.25) is 5.95 Å². The Bertz CT molecular complexity index is 986. The molecule has 2 aromatic heterocycles. The molecule has 4 fully saturated rings. The number of fused-ring (bicyclic) bond motifs is 3. The minimum atomic E-state index is -1.71. The highest BCUT2D eigenvalue weighted by atomic mass is 16.6. The van der Waals surface area contributed by atoms with Gasteiger partial charge in [-0.3, -0.25) is 10.1 Å². The van der Waals surface area contributed by atoms with Gasteiger partial charge in [0.1, 0.15) is 19.2 Å². The summed E-state index contributed by atoms with van der Waals surface area (Å²) in [7, 11) is 0. The number of carbonyl (C=O) groups is 2. The SMILES string of the molecule is O=C(C[N+]12CCC(CC1)[C@@H](OC(=O)C(O)(c1ccoc1)C1CCCCC1)C2)Nc1ncncn1. The van der Waals surface area contributed by atoms with Gasteiger partial charge < -0.3 is 18.7 Å². The molecule has 6 rings (SSSR count). The zero-order chi connectivity index (χ0) is 23.6. The molecule has 4 aliphatic rings. The zero-order valence-electron chi connectivity index (χ0n) is 19.3. The predicted octanol–water partition coefficient (Wildman–Crippen LogP) is 2.02. The van der Waals surface area contributed by atoms with Gasteiger partial charge in [0.05, 0.1) is 25.6 Å². The number of piperidine rings is 3. The Morgan fingerprint density at radius 2 is 1.88 bits per heavy atom. The van der Waals surface area contributed by atoms with E-state index < -0.39 is 11.6 Å². The van der Waals surface area contributed by atoms with E-state index in [1.807, 2.05) is 0 Å². The molecular weight excluding hydrogens is 438 g/mol. The van der Waals surface area contributed by atoms with Crippen LogP contribution in [0.3, 0.4) is 0 Å². The molecule has 34 heavy (non-hydrogen) atoms. The second kappa shape index (κ2) is 9.42. The molecular formula is C24H32N5O5+. The van der Waals surface area contributed by atoms with Crippen molar-refractivity contribution in [3.63, 3.8) is 0 Å². The lowest BCUT2D eigenvalue weighted by Gasteiger charge is -2.52. The standard InChI is InChI=1S/C24H31N5O5/c30-21(28-23-26-15-25-16-27-23)13-29-9-6-17(7-10-29)20(12-29)34-22(31)24(32,19-8-11-33-14-19)18-4-2-1-3-5-18/h8,11,14-18,20,32H,1-7,9-10,12-13H2/p+1/t17?,20-,24?,29?/m0/s1. The molecule has 2 atom stereocenters. The van der Waals surface area contributed by atoms with E-state index in [1.54, 1.807) is 6.07 Å². The van der Waals surface area contributed by atoms with Crippen molar-refractivity contribution in [2.75, 3.05) is 31.5 Å². The molecule has 182 valence electrons. The van der Waals surface area contributed by atoms with E-state index in [0.717, 1.165) is 58.0 Å². The first kappa shape index (κ1) is 22.9. The fraction of sp³-hybridized carbons (Fsp3) is 0.625. The second-order valence-corrected chi connectivity index (χ2v) is 10.0. The highest BCUT2D eigenvalue weighted by Crippen LogP contribution is 2.42. The first-order chi connectivity index (χ1) is 16.5. The summed E-state index contributed by atoms with van der Waals surface area (Å²) in [6.07, 6.45) is 11.7. The average Bonchev–Trinajstić information content (AvgIpc) is 3.40. The van der Waals surface area contributed by atoms with E-state index in [9.17, 15) is 14.7 Å². The van der Waals surface area contributed by atoms with Gasteiger partial charge in [0.25, 0.3) is 5.91 Å². The van der Waals surface area contributed by atoms with E-state index in [-0.39, 0.29) is 36.3 Å². The minimum Gasteiger partial charge on any atom is -0.472 e. The molecule has 0 spiro atoms. The molecule has 2 bridgehead atoms. The van der Waals surface area contributed by atoms with Crippen molar-refractivity contribution in [3.05, 3.63) is 36.8 Å². The van der Waals surface area contributed by atoms with Crippen molar-refractivity contribution >= 4 is 17.8 Å². The van der Waals surface area contributed by atoms with Crippen molar-refractivity contribution in [1.29, 1.82) is 0 Å².